The van der Waals surface area contributed by atoms with Crippen LogP contribution in [0.25, 0.3) is 0 Å². The van der Waals surface area contributed by atoms with Gasteiger partial charge in [-0.05, 0) is 31.0 Å². The maximum Gasteiger partial charge on any atom is 0.224 e. The highest BCUT2D eigenvalue weighted by atomic mass is 16.1. The van der Waals surface area contributed by atoms with E-state index in [2.05, 4.69) is 19.2 Å². The SMILES string of the molecule is [CH2]c1ccc(NC(=O)CCCC)cc1. The van der Waals surface area contributed by atoms with E-state index in [1.807, 2.05) is 24.3 Å². The number of hydrogen-bond acceptors (Lipinski definition) is 1. The summed E-state index contributed by atoms with van der Waals surface area (Å²) in [6.07, 6.45) is 2.59. The molecule has 1 rings (SSSR count). The molecule has 0 unspecified atom stereocenters. The number of nitrogens with one attached hydrogen (secondary N) is 1. The van der Waals surface area contributed by atoms with E-state index >= 15 is 0 Å². The smallest absolute Gasteiger partial charge is 0.224 e. The lowest BCUT2D eigenvalue weighted by Gasteiger charge is -2.04. The van der Waals surface area contributed by atoms with Crippen LogP contribution in [0.2, 0.25) is 0 Å². The highest BCUT2D eigenvalue weighted by Gasteiger charge is 2.00. The lowest BCUT2D eigenvalue weighted by molar-refractivity contribution is -0.116. The van der Waals surface area contributed by atoms with Crippen molar-refractivity contribution in [3.63, 3.8) is 0 Å². The number of benzene rings is 1. The van der Waals surface area contributed by atoms with Crippen molar-refractivity contribution < 1.29 is 4.79 Å². The quantitative estimate of drug-likeness (QED) is 0.777. The van der Waals surface area contributed by atoms with Crippen molar-refractivity contribution in [2.45, 2.75) is 26.2 Å². The summed E-state index contributed by atoms with van der Waals surface area (Å²) in [6.45, 7) is 5.85. The lowest BCUT2D eigenvalue weighted by atomic mass is 10.2. The van der Waals surface area contributed by atoms with Crippen LogP contribution in [0.3, 0.4) is 0 Å². The lowest BCUT2D eigenvalue weighted by Crippen LogP contribution is -2.10. The molecular formula is C12H16NO. The van der Waals surface area contributed by atoms with Crippen LogP contribution in [0.15, 0.2) is 24.3 Å². The van der Waals surface area contributed by atoms with Crippen molar-refractivity contribution in [2.24, 2.45) is 0 Å². The van der Waals surface area contributed by atoms with Gasteiger partial charge in [0, 0.05) is 12.1 Å². The number of rotatable bonds is 4. The van der Waals surface area contributed by atoms with Crippen LogP contribution >= 0.6 is 0 Å². The molecular weight excluding hydrogens is 174 g/mol. The van der Waals surface area contributed by atoms with Crippen molar-refractivity contribution in [1.29, 1.82) is 0 Å². The Morgan fingerprint density at radius 3 is 2.57 bits per heavy atom. The number of hydrogen-bond donors (Lipinski definition) is 1. The van der Waals surface area contributed by atoms with E-state index in [0.717, 1.165) is 24.1 Å². The third-order valence-corrected chi connectivity index (χ3v) is 2.00. The van der Waals surface area contributed by atoms with Gasteiger partial charge in [-0.15, -0.1) is 0 Å². The highest BCUT2D eigenvalue weighted by Crippen LogP contribution is 2.09. The standard InChI is InChI=1S/C12H16NO/c1-3-4-5-12(14)13-11-8-6-10(2)7-9-11/h6-9H,2-5H2,1H3,(H,13,14). The molecule has 0 aliphatic carbocycles. The monoisotopic (exact) mass is 190 g/mol. The number of unbranched alkanes of at least 4 members (excludes halogenated alkanes) is 1. The van der Waals surface area contributed by atoms with Crippen molar-refractivity contribution >= 4 is 11.6 Å². The third-order valence-electron chi connectivity index (χ3n) is 2.00. The van der Waals surface area contributed by atoms with Crippen LogP contribution in [-0.4, -0.2) is 5.91 Å². The Kier molecular flexibility index (Phi) is 4.17. The van der Waals surface area contributed by atoms with Gasteiger partial charge in [0.15, 0.2) is 0 Å². The molecule has 1 aromatic carbocycles. The van der Waals surface area contributed by atoms with Crippen molar-refractivity contribution in [3.05, 3.63) is 36.8 Å². The summed E-state index contributed by atoms with van der Waals surface area (Å²) in [4.78, 5) is 11.3. The Morgan fingerprint density at radius 1 is 1.36 bits per heavy atom. The van der Waals surface area contributed by atoms with E-state index in [0.29, 0.717) is 6.42 Å². The van der Waals surface area contributed by atoms with Gasteiger partial charge in [-0.2, -0.15) is 0 Å². The molecule has 0 saturated carbocycles. The zero-order chi connectivity index (χ0) is 10.4. The van der Waals surface area contributed by atoms with Gasteiger partial charge < -0.3 is 5.32 Å². The largest absolute Gasteiger partial charge is 0.326 e. The molecule has 1 radical (unpaired) electrons. The van der Waals surface area contributed by atoms with Gasteiger partial charge in [0.2, 0.25) is 5.91 Å². The summed E-state index contributed by atoms with van der Waals surface area (Å²) in [7, 11) is 0. The Bertz CT molecular complexity index is 290. The molecule has 2 heteroatoms. The summed E-state index contributed by atoms with van der Waals surface area (Å²) < 4.78 is 0. The van der Waals surface area contributed by atoms with Crippen molar-refractivity contribution in [2.75, 3.05) is 5.32 Å². The van der Waals surface area contributed by atoms with E-state index in [1.54, 1.807) is 0 Å². The van der Waals surface area contributed by atoms with E-state index in [4.69, 9.17) is 0 Å². The summed E-state index contributed by atoms with van der Waals surface area (Å²) in [5.74, 6) is 0.0867. The molecule has 0 bridgehead atoms. The van der Waals surface area contributed by atoms with Gasteiger partial charge >= 0.3 is 0 Å². The number of anilines is 1. The summed E-state index contributed by atoms with van der Waals surface area (Å²) in [6, 6.07) is 7.50. The Balaban J connectivity index is 2.44. The first-order valence-electron chi connectivity index (χ1n) is 4.94. The van der Waals surface area contributed by atoms with Crippen LogP contribution in [0.1, 0.15) is 31.7 Å². The van der Waals surface area contributed by atoms with E-state index in [-0.39, 0.29) is 5.91 Å². The molecule has 0 aliphatic heterocycles. The van der Waals surface area contributed by atoms with Gasteiger partial charge in [0.1, 0.15) is 0 Å². The fourth-order valence-electron chi connectivity index (χ4n) is 1.15. The van der Waals surface area contributed by atoms with Crippen LogP contribution in [0.4, 0.5) is 5.69 Å². The van der Waals surface area contributed by atoms with Crippen LogP contribution in [-0.2, 0) is 4.79 Å². The zero-order valence-corrected chi connectivity index (χ0v) is 8.55. The normalized spacial score (nSPS) is 9.86. The van der Waals surface area contributed by atoms with E-state index in [1.165, 1.54) is 0 Å². The molecule has 0 aliphatic rings. The molecule has 14 heavy (non-hydrogen) atoms. The molecule has 0 saturated heterocycles. The second-order valence-corrected chi connectivity index (χ2v) is 3.35. The number of carbonyl (C=O) groups excluding carboxylic acids is 1. The first kappa shape index (κ1) is 10.8. The minimum Gasteiger partial charge on any atom is -0.326 e. The first-order chi connectivity index (χ1) is 6.72. The van der Waals surface area contributed by atoms with Gasteiger partial charge in [-0.1, -0.05) is 25.5 Å². The molecule has 0 spiro atoms. The Labute approximate surface area is 85.3 Å². The van der Waals surface area contributed by atoms with Gasteiger partial charge in [-0.25, -0.2) is 0 Å². The maximum absolute atomic E-state index is 11.3. The second-order valence-electron chi connectivity index (χ2n) is 3.35. The molecule has 0 aromatic heterocycles. The fraction of sp³-hybridized carbons (Fsp3) is 0.333. The highest BCUT2D eigenvalue weighted by molar-refractivity contribution is 5.90. The average Bonchev–Trinajstić information content (AvgIpc) is 2.18. The second kappa shape index (κ2) is 5.43. The predicted octanol–water partition coefficient (Wildman–Crippen LogP) is 3.00. The zero-order valence-electron chi connectivity index (χ0n) is 8.55. The van der Waals surface area contributed by atoms with Crippen LogP contribution < -0.4 is 5.32 Å². The Morgan fingerprint density at radius 2 is 2.00 bits per heavy atom. The van der Waals surface area contributed by atoms with E-state index < -0.39 is 0 Å². The molecule has 1 N–H and O–H groups in total. The molecule has 0 fully saturated rings. The molecule has 1 aromatic rings. The number of amides is 1. The maximum atomic E-state index is 11.3. The van der Waals surface area contributed by atoms with E-state index in [9.17, 15) is 4.79 Å². The summed E-state index contributed by atoms with van der Waals surface area (Å²) >= 11 is 0. The summed E-state index contributed by atoms with van der Waals surface area (Å²) in [5, 5.41) is 2.84. The van der Waals surface area contributed by atoms with Gasteiger partial charge in [-0.3, -0.25) is 4.79 Å². The molecule has 0 heterocycles. The first-order valence-corrected chi connectivity index (χ1v) is 4.94. The van der Waals surface area contributed by atoms with Crippen LogP contribution in [0.5, 0.6) is 0 Å². The van der Waals surface area contributed by atoms with Crippen molar-refractivity contribution in [1.82, 2.24) is 0 Å². The molecule has 75 valence electrons. The fourth-order valence-corrected chi connectivity index (χ4v) is 1.15. The van der Waals surface area contributed by atoms with Gasteiger partial charge in [0.25, 0.3) is 0 Å². The minimum atomic E-state index is 0.0867. The minimum absolute atomic E-state index is 0.0867. The third kappa shape index (κ3) is 3.60. The average molecular weight is 190 g/mol. The van der Waals surface area contributed by atoms with Gasteiger partial charge in [0.05, 0.1) is 0 Å². The molecule has 1 amide bonds. The number of carbonyl (C=O) groups is 1. The summed E-state index contributed by atoms with van der Waals surface area (Å²) in [5.41, 5.74) is 1.80. The van der Waals surface area contributed by atoms with Crippen molar-refractivity contribution in [3.8, 4) is 0 Å². The predicted molar refractivity (Wildman–Crippen MR) is 59.1 cm³/mol. The Hall–Kier alpha value is -1.31. The topological polar surface area (TPSA) is 29.1 Å². The molecule has 0 atom stereocenters. The van der Waals surface area contributed by atoms with Crippen LogP contribution in [0, 0.1) is 6.92 Å². The molecule has 2 nitrogen and oxygen atoms in total.